The molecule has 9 nitrogen and oxygen atoms in total. The predicted octanol–water partition coefficient (Wildman–Crippen LogP) is 4.90. The van der Waals surface area contributed by atoms with Crippen molar-refractivity contribution >= 4 is 50.3 Å². The Bertz CT molecular complexity index is 1360. The van der Waals surface area contributed by atoms with Crippen molar-refractivity contribution in [1.29, 1.82) is 0 Å². The molecule has 34 heavy (non-hydrogen) atoms. The Hall–Kier alpha value is -3.63. The molecule has 0 spiro atoms. The molecule has 0 saturated carbocycles. The van der Waals surface area contributed by atoms with Gasteiger partial charge in [-0.2, -0.15) is 0 Å². The first kappa shape index (κ1) is 23.5. The number of halogens is 1. The molecular weight excluding hydrogens is 480 g/mol. The van der Waals surface area contributed by atoms with Gasteiger partial charge >= 0.3 is 0 Å². The summed E-state index contributed by atoms with van der Waals surface area (Å²) in [5.41, 5.74) is 0.881. The number of nitro benzene ring substituents is 1. The van der Waals surface area contributed by atoms with Crippen LogP contribution < -0.4 is 14.9 Å². The van der Waals surface area contributed by atoms with Crippen molar-refractivity contribution in [2.24, 2.45) is 0 Å². The summed E-state index contributed by atoms with van der Waals surface area (Å²) < 4.78 is 28.0. The van der Waals surface area contributed by atoms with Gasteiger partial charge in [-0.15, -0.1) is 0 Å². The topological polar surface area (TPSA) is 122 Å². The maximum Gasteiger partial charge on any atom is 0.293 e. The molecule has 1 saturated heterocycles. The summed E-state index contributed by atoms with van der Waals surface area (Å²) in [7, 11) is -3.97. The number of hydrogen-bond acceptors (Lipinski definition) is 6. The van der Waals surface area contributed by atoms with Crippen LogP contribution in [0.4, 0.5) is 22.7 Å². The van der Waals surface area contributed by atoms with E-state index in [9.17, 15) is 23.3 Å². The number of carbonyl (C=O) groups is 1. The van der Waals surface area contributed by atoms with E-state index in [0.29, 0.717) is 5.69 Å². The zero-order valence-electron chi connectivity index (χ0n) is 17.9. The van der Waals surface area contributed by atoms with Crippen molar-refractivity contribution in [3.05, 3.63) is 87.4 Å². The fourth-order valence-electron chi connectivity index (χ4n) is 3.73. The molecule has 1 heterocycles. The molecule has 1 aliphatic heterocycles. The number of sulfonamides is 1. The predicted molar refractivity (Wildman–Crippen MR) is 131 cm³/mol. The van der Waals surface area contributed by atoms with Crippen molar-refractivity contribution in [3.8, 4) is 0 Å². The van der Waals surface area contributed by atoms with Crippen LogP contribution in [0.2, 0.25) is 5.02 Å². The third-order valence-corrected chi connectivity index (χ3v) is 7.09. The molecule has 0 atom stereocenters. The Morgan fingerprint density at radius 2 is 1.74 bits per heavy atom. The van der Waals surface area contributed by atoms with Crippen LogP contribution in [0.25, 0.3) is 0 Å². The van der Waals surface area contributed by atoms with Gasteiger partial charge in [0, 0.05) is 30.4 Å². The Labute approximate surface area is 201 Å². The molecule has 11 heteroatoms. The van der Waals surface area contributed by atoms with Gasteiger partial charge in [0.1, 0.15) is 5.69 Å². The van der Waals surface area contributed by atoms with E-state index < -0.39 is 20.9 Å². The van der Waals surface area contributed by atoms with E-state index in [0.717, 1.165) is 25.9 Å². The van der Waals surface area contributed by atoms with Gasteiger partial charge in [-0.3, -0.25) is 19.6 Å². The molecule has 176 valence electrons. The number of para-hydroxylation sites is 1. The summed E-state index contributed by atoms with van der Waals surface area (Å²) in [6.45, 7) is 1.46. The van der Waals surface area contributed by atoms with Crippen LogP contribution in [0.3, 0.4) is 0 Å². The summed E-state index contributed by atoms with van der Waals surface area (Å²) in [6, 6.07) is 16.4. The first-order valence-corrected chi connectivity index (χ1v) is 12.3. The van der Waals surface area contributed by atoms with E-state index >= 15 is 0 Å². The second-order valence-electron chi connectivity index (χ2n) is 7.72. The van der Waals surface area contributed by atoms with E-state index in [1.165, 1.54) is 42.5 Å². The van der Waals surface area contributed by atoms with Crippen molar-refractivity contribution in [2.75, 3.05) is 28.0 Å². The molecule has 1 aliphatic rings. The largest absolute Gasteiger partial charge is 0.366 e. The van der Waals surface area contributed by atoms with Gasteiger partial charge in [-0.25, -0.2) is 8.42 Å². The van der Waals surface area contributed by atoms with Gasteiger partial charge in [-0.1, -0.05) is 29.8 Å². The fraction of sp³-hybridized carbons (Fsp3) is 0.174. The number of carbonyl (C=O) groups excluding carboxylic acids is 1. The molecule has 0 radical (unpaired) electrons. The minimum absolute atomic E-state index is 0.0828. The van der Waals surface area contributed by atoms with Crippen molar-refractivity contribution in [2.45, 2.75) is 17.7 Å². The lowest BCUT2D eigenvalue weighted by atomic mass is 10.1. The molecule has 0 aromatic heterocycles. The van der Waals surface area contributed by atoms with E-state index in [1.54, 1.807) is 24.3 Å². The zero-order chi connectivity index (χ0) is 24.3. The third kappa shape index (κ3) is 5.13. The molecule has 4 rings (SSSR count). The zero-order valence-corrected chi connectivity index (χ0v) is 19.5. The highest BCUT2D eigenvalue weighted by Crippen LogP contribution is 2.32. The number of nitrogens with one attached hydrogen (secondary N) is 2. The van der Waals surface area contributed by atoms with E-state index in [4.69, 9.17) is 11.6 Å². The maximum absolute atomic E-state index is 12.8. The first-order chi connectivity index (χ1) is 16.2. The van der Waals surface area contributed by atoms with Gasteiger partial charge < -0.3 is 10.2 Å². The van der Waals surface area contributed by atoms with Crippen LogP contribution in [0.1, 0.15) is 23.2 Å². The van der Waals surface area contributed by atoms with Gasteiger partial charge in [0.2, 0.25) is 0 Å². The minimum Gasteiger partial charge on any atom is -0.366 e. The van der Waals surface area contributed by atoms with E-state index in [1.807, 2.05) is 4.90 Å². The van der Waals surface area contributed by atoms with Crippen LogP contribution in [0, 0.1) is 10.1 Å². The van der Waals surface area contributed by atoms with Gasteiger partial charge in [0.15, 0.2) is 0 Å². The lowest BCUT2D eigenvalue weighted by Crippen LogP contribution is -2.20. The fourth-order valence-corrected chi connectivity index (χ4v) is 5.09. The van der Waals surface area contributed by atoms with Crippen LogP contribution in [0.5, 0.6) is 0 Å². The second kappa shape index (κ2) is 9.70. The summed E-state index contributed by atoms with van der Waals surface area (Å²) >= 11 is 6.04. The molecule has 3 aromatic carbocycles. The number of amides is 1. The lowest BCUT2D eigenvalue weighted by molar-refractivity contribution is -0.384. The highest BCUT2D eigenvalue weighted by Gasteiger charge is 2.24. The Morgan fingerprint density at radius 1 is 1.00 bits per heavy atom. The number of anilines is 3. The highest BCUT2D eigenvalue weighted by atomic mass is 35.5. The number of benzene rings is 3. The molecule has 0 aliphatic carbocycles. The smallest absolute Gasteiger partial charge is 0.293 e. The first-order valence-electron chi connectivity index (χ1n) is 10.5. The molecule has 1 fully saturated rings. The Kier molecular flexibility index (Phi) is 6.71. The number of hydrogen-bond donors (Lipinski definition) is 2. The van der Waals surface area contributed by atoms with Crippen LogP contribution >= 0.6 is 11.6 Å². The summed E-state index contributed by atoms with van der Waals surface area (Å²) in [6.07, 6.45) is 1.92. The van der Waals surface area contributed by atoms with Crippen molar-refractivity contribution in [3.63, 3.8) is 0 Å². The van der Waals surface area contributed by atoms with E-state index in [-0.39, 0.29) is 32.5 Å². The maximum atomic E-state index is 12.8. The summed E-state index contributed by atoms with van der Waals surface area (Å²) in [5.74, 6) is -0.593. The quantitative estimate of drug-likeness (QED) is 0.351. The summed E-state index contributed by atoms with van der Waals surface area (Å²) in [5, 5.41) is 14.5. The number of nitro groups is 1. The summed E-state index contributed by atoms with van der Waals surface area (Å²) in [4.78, 5) is 25.7. The molecule has 0 unspecified atom stereocenters. The minimum atomic E-state index is -3.97. The molecule has 3 aromatic rings. The van der Waals surface area contributed by atoms with Gasteiger partial charge in [0.25, 0.3) is 21.6 Å². The van der Waals surface area contributed by atoms with Gasteiger partial charge in [-0.05, 0) is 55.3 Å². The molecule has 1 amide bonds. The van der Waals surface area contributed by atoms with Crippen molar-refractivity contribution < 1.29 is 18.1 Å². The molecule has 2 N–H and O–H groups in total. The second-order valence-corrected chi connectivity index (χ2v) is 9.81. The van der Waals surface area contributed by atoms with Crippen LogP contribution in [0.15, 0.2) is 71.6 Å². The monoisotopic (exact) mass is 500 g/mol. The van der Waals surface area contributed by atoms with Gasteiger partial charge in [0.05, 0.1) is 20.5 Å². The Morgan fingerprint density at radius 3 is 2.44 bits per heavy atom. The molecule has 0 bridgehead atoms. The third-order valence-electron chi connectivity index (χ3n) is 5.40. The normalized spacial score (nSPS) is 13.5. The Balaban J connectivity index is 1.55. The number of rotatable bonds is 7. The molecular formula is C23H21ClN4O5S. The SMILES string of the molecule is O=C(Nc1cccc(S(=O)(=O)Nc2ccccc2Cl)c1)c1ccc(N2CCCC2)c([N+](=O)[O-])c1. The highest BCUT2D eigenvalue weighted by molar-refractivity contribution is 7.92. The number of nitrogens with zero attached hydrogens (tertiary/aromatic N) is 2. The van der Waals surface area contributed by atoms with Crippen LogP contribution in [-0.4, -0.2) is 32.3 Å². The van der Waals surface area contributed by atoms with E-state index in [2.05, 4.69) is 10.0 Å². The van der Waals surface area contributed by atoms with Crippen molar-refractivity contribution in [1.82, 2.24) is 0 Å². The standard InChI is InChI=1S/C23H21ClN4O5S/c24-19-8-1-2-9-20(19)26-34(32,33)18-7-5-6-17(15-18)25-23(29)16-10-11-21(22(14-16)28(30)31)27-12-3-4-13-27/h1-2,5-11,14-15,26H,3-4,12-13H2,(H,25,29). The average Bonchev–Trinajstić information content (AvgIpc) is 3.35. The lowest BCUT2D eigenvalue weighted by Gasteiger charge is -2.18. The average molecular weight is 501 g/mol. The van der Waals surface area contributed by atoms with Crippen LogP contribution in [-0.2, 0) is 10.0 Å².